The Balaban J connectivity index is 2.48. The van der Waals surface area contributed by atoms with Gasteiger partial charge in [-0.1, -0.05) is 86.1 Å². The Labute approximate surface area is 660 Å². The van der Waals surface area contributed by atoms with Crippen molar-refractivity contribution in [1.29, 1.82) is 0 Å². The van der Waals surface area contributed by atoms with Crippen LogP contribution < -0.4 is 97.8 Å². The van der Waals surface area contributed by atoms with Gasteiger partial charge in [-0.05, 0) is 136 Å². The van der Waals surface area contributed by atoms with Crippen molar-refractivity contribution in [1.82, 2.24) is 69.1 Å². The highest BCUT2D eigenvalue weighted by Crippen LogP contribution is 2.18. The summed E-state index contributed by atoms with van der Waals surface area (Å²) in [6, 6.07) is -7.35. The van der Waals surface area contributed by atoms with Crippen LogP contribution in [0.25, 0.3) is 0 Å². The molecule has 39 nitrogen and oxygen atoms in total. The van der Waals surface area contributed by atoms with Crippen molar-refractivity contribution < 1.29 is 97.1 Å². The van der Waals surface area contributed by atoms with Gasteiger partial charge in [-0.15, -0.1) is 0 Å². The Bertz CT molecular complexity index is 3590. The molecule has 0 spiro atoms. The van der Waals surface area contributed by atoms with Crippen molar-refractivity contribution >= 4 is 112 Å². The van der Waals surface area contributed by atoms with E-state index in [4.69, 9.17) is 28.7 Å². The van der Waals surface area contributed by atoms with Crippen molar-refractivity contribution in [3.63, 3.8) is 0 Å². The molecule has 0 heterocycles. The summed E-state index contributed by atoms with van der Waals surface area (Å²) in [4.78, 5) is 221. The molecule has 27 N–H and O–H groups in total. The fourth-order valence-electron chi connectivity index (χ4n) is 11.0. The van der Waals surface area contributed by atoms with E-state index in [9.17, 15) is 97.1 Å². The molecule has 630 valence electrons. The molecule has 14 atom stereocenters. The number of aliphatic carboxylic acids is 2. The summed E-state index contributed by atoms with van der Waals surface area (Å²) in [7, 11) is 0. The maximum Gasteiger partial charge on any atom is 0.325 e. The van der Waals surface area contributed by atoms with E-state index in [-0.39, 0.29) is 101 Å². The maximum atomic E-state index is 14.7. The molecule has 2 aromatic rings. The second-order valence-electron chi connectivity index (χ2n) is 28.5. The number of hydrogen-bond acceptors (Lipinski definition) is 22. The van der Waals surface area contributed by atoms with E-state index in [1.54, 1.807) is 47.8 Å². The zero-order valence-electron chi connectivity index (χ0n) is 65.8. The van der Waals surface area contributed by atoms with E-state index in [0.29, 0.717) is 17.5 Å². The molecule has 0 saturated carbocycles. The Morgan fingerprint density at radius 1 is 0.442 bits per heavy atom. The smallest absolute Gasteiger partial charge is 0.325 e. The van der Waals surface area contributed by atoms with Crippen LogP contribution in [0.3, 0.4) is 0 Å². The highest BCUT2D eigenvalue weighted by atomic mass is 32.2. The van der Waals surface area contributed by atoms with Gasteiger partial charge in [0.25, 0.3) is 0 Å². The van der Waals surface area contributed by atoms with E-state index in [1.807, 2.05) is 0 Å². The number of phenolic OH excluding ortho intramolecular Hbond substituents is 2. The lowest BCUT2D eigenvalue weighted by atomic mass is 9.96. The van der Waals surface area contributed by atoms with Crippen LogP contribution in [0, 0.1) is 23.7 Å². The van der Waals surface area contributed by atoms with Crippen LogP contribution in [0.2, 0.25) is 0 Å². The predicted molar refractivity (Wildman–Crippen MR) is 417 cm³/mol. The number of thioether (sulfide) groups is 1. The third-order valence-corrected chi connectivity index (χ3v) is 18.6. The number of hydrogen-bond donors (Lipinski definition) is 22. The molecule has 0 bridgehead atoms. The van der Waals surface area contributed by atoms with Crippen LogP contribution in [-0.2, 0) is 89.6 Å². The standard InChI is InChI=1S/C73H117N19O20S/c1-12-39(8)59(71(110)88-52(34-55(97)98)67(106)89-56(36(2)3)68(107)82-41(10)72(111)112)92-64(103)49(28-31-113-11)85-62(101)47(16-13-14-29-74)84-63(102)48(17-15-30-79-73(77)78)86-69(108)57(37(4)5)91-70(109)58(38(6)7)90-66(105)50(32-42-18-22-44(93)23-19-42)83-54(96)35-80-60(99)40(9)81-65(104)51(33-43-20-24-45(94)25-21-43)87-61(100)46(75)26-27-53(76)95/h18-25,36-41,46-52,56-59,93-94H,12-17,26-35,74-75H2,1-11H3,(H2,76,95)(H,80,99)(H,81,104)(H,82,107)(H,83,96)(H,84,102)(H,85,101)(H,86,108)(H,87,100)(H,88,110)(H,89,106)(H,90,105)(H,91,109)(H,92,103)(H,97,98)(H,111,112)(H4,77,78,79)/t39-,40-,41-,46-,47-,48-,49-,50-,51-,52-,56-,57-,58-,59-/m0/s1. The molecule has 0 saturated heterocycles. The number of primary amides is 1. The van der Waals surface area contributed by atoms with Gasteiger partial charge < -0.3 is 118 Å². The van der Waals surface area contributed by atoms with Crippen LogP contribution in [0.5, 0.6) is 11.5 Å². The SMILES string of the molecule is CC[C@H](C)[C@H](NC(=O)[C@H](CCSC)NC(=O)[C@H](CCCCN)NC(=O)[C@H](CCCN=C(N)N)NC(=O)[C@@H](NC(=O)[C@@H](NC(=O)[C@H](Cc1ccc(O)cc1)NC(=O)CNC(=O)[C@H](C)NC(=O)[C@H](Cc1ccc(O)cc1)NC(=O)[C@@H](N)CCC(N)=O)C(C)C)C(C)C)C(=O)N[C@@H](CC(=O)O)C(=O)N[C@H](C(=O)N[C@@H](C)C(=O)O)C(C)C. The number of amides is 14. The average molecular weight is 1610 g/mol. The van der Waals surface area contributed by atoms with Crippen molar-refractivity contribution in [2.24, 2.45) is 57.3 Å². The Morgan fingerprint density at radius 3 is 1.29 bits per heavy atom. The summed E-state index contributed by atoms with van der Waals surface area (Å²) < 4.78 is 0. The number of phenols is 2. The minimum Gasteiger partial charge on any atom is -0.508 e. The topological polar surface area (TPSA) is 653 Å². The molecule has 0 unspecified atom stereocenters. The van der Waals surface area contributed by atoms with Gasteiger partial charge in [-0.25, -0.2) is 0 Å². The lowest BCUT2D eigenvalue weighted by Crippen LogP contribution is -2.62. The number of aliphatic imine (C=N–C) groups is 1. The highest BCUT2D eigenvalue weighted by Gasteiger charge is 2.39. The van der Waals surface area contributed by atoms with E-state index < -0.39 is 210 Å². The number of nitrogens with one attached hydrogen (secondary N) is 13. The molecule has 0 aliphatic carbocycles. The molecule has 0 aliphatic rings. The van der Waals surface area contributed by atoms with Crippen LogP contribution in [0.4, 0.5) is 0 Å². The molecule has 14 amide bonds. The Morgan fingerprint density at radius 2 is 0.832 bits per heavy atom. The third kappa shape index (κ3) is 36.4. The lowest BCUT2D eigenvalue weighted by molar-refractivity contribution is -0.143. The first-order valence-corrected chi connectivity index (χ1v) is 38.6. The fraction of sp³-hybridized carbons (Fsp3) is 0.603. The zero-order chi connectivity index (χ0) is 85.5. The molecule has 40 heteroatoms. The Hall–Kier alpha value is -10.9. The number of nitrogens with zero attached hydrogens (tertiary/aromatic N) is 1. The quantitative estimate of drug-likeness (QED) is 0.0170. The van der Waals surface area contributed by atoms with Gasteiger partial charge in [0.15, 0.2) is 5.96 Å². The number of carbonyl (C=O) groups is 16. The molecule has 0 fully saturated rings. The molecule has 0 radical (unpaired) electrons. The van der Waals surface area contributed by atoms with Gasteiger partial charge in [-0.3, -0.25) is 81.7 Å². The molecule has 0 aromatic heterocycles. The summed E-state index contributed by atoms with van der Waals surface area (Å²) in [5, 5.41) is 72.0. The molecule has 113 heavy (non-hydrogen) atoms. The monoisotopic (exact) mass is 1610 g/mol. The van der Waals surface area contributed by atoms with Crippen molar-refractivity contribution in [2.45, 2.75) is 225 Å². The summed E-state index contributed by atoms with van der Waals surface area (Å²) in [6.07, 6.45) is 0.634. The van der Waals surface area contributed by atoms with Gasteiger partial charge in [-0.2, -0.15) is 11.8 Å². The molecular formula is C73H117N19O20S. The largest absolute Gasteiger partial charge is 0.508 e. The van der Waals surface area contributed by atoms with Crippen molar-refractivity contribution in [2.75, 3.05) is 31.6 Å². The number of guanidine groups is 1. The van der Waals surface area contributed by atoms with E-state index in [1.165, 1.54) is 88.0 Å². The van der Waals surface area contributed by atoms with Crippen molar-refractivity contribution in [3.05, 3.63) is 59.7 Å². The van der Waals surface area contributed by atoms with Gasteiger partial charge in [0.2, 0.25) is 82.7 Å². The van der Waals surface area contributed by atoms with Crippen LogP contribution in [-0.4, -0.2) is 231 Å². The number of benzene rings is 2. The minimum absolute atomic E-state index is 0.0407. The number of nitrogens with two attached hydrogens (primary N) is 5. The number of carbonyl (C=O) groups excluding carboxylic acids is 14. The van der Waals surface area contributed by atoms with Crippen LogP contribution in [0.1, 0.15) is 145 Å². The summed E-state index contributed by atoms with van der Waals surface area (Å²) >= 11 is 1.30. The summed E-state index contributed by atoms with van der Waals surface area (Å²) in [5.41, 5.74) is 29.1. The lowest BCUT2D eigenvalue weighted by Gasteiger charge is -2.30. The predicted octanol–water partition coefficient (Wildman–Crippen LogP) is -4.04. The van der Waals surface area contributed by atoms with Gasteiger partial charge in [0.05, 0.1) is 19.0 Å². The van der Waals surface area contributed by atoms with E-state index >= 15 is 0 Å². The number of rotatable bonds is 52. The number of aromatic hydroxyl groups is 2. The van der Waals surface area contributed by atoms with Crippen LogP contribution in [0.15, 0.2) is 53.5 Å². The summed E-state index contributed by atoms with van der Waals surface area (Å²) in [6.45, 7) is 14.5. The van der Waals surface area contributed by atoms with Crippen molar-refractivity contribution in [3.8, 4) is 11.5 Å². The second-order valence-corrected chi connectivity index (χ2v) is 29.5. The van der Waals surface area contributed by atoms with Gasteiger partial charge in [0, 0.05) is 25.8 Å². The number of unbranched alkanes of at least 4 members (excludes halogenated alkanes) is 1. The normalized spacial score (nSPS) is 14.9. The second kappa shape index (κ2) is 50.2. The van der Waals surface area contributed by atoms with Gasteiger partial charge in [0.1, 0.15) is 84.0 Å². The third-order valence-electron chi connectivity index (χ3n) is 17.9. The molecule has 2 aromatic carbocycles. The van der Waals surface area contributed by atoms with E-state index in [0.717, 1.165) is 0 Å². The zero-order valence-corrected chi connectivity index (χ0v) is 66.6. The number of carboxylic acids is 2. The first-order chi connectivity index (χ1) is 53.0. The maximum absolute atomic E-state index is 14.7. The van der Waals surface area contributed by atoms with E-state index in [2.05, 4.69) is 74.1 Å². The first kappa shape index (κ1) is 98.2. The number of carboxylic acid groups (broad SMARTS) is 2. The molecule has 2 rings (SSSR count). The Kier molecular flexibility index (Phi) is 43.6. The first-order valence-electron chi connectivity index (χ1n) is 37.2. The minimum atomic E-state index is -1.82. The van der Waals surface area contributed by atoms with Gasteiger partial charge >= 0.3 is 11.9 Å². The highest BCUT2D eigenvalue weighted by molar-refractivity contribution is 7.98. The fourth-order valence-corrected chi connectivity index (χ4v) is 11.4. The molecule has 0 aliphatic heterocycles. The molecular weight excluding hydrogens is 1490 g/mol. The summed E-state index contributed by atoms with van der Waals surface area (Å²) in [5.74, 6) is -18.5. The average Bonchev–Trinajstić information content (AvgIpc) is 0.866. The van der Waals surface area contributed by atoms with Crippen LogP contribution >= 0.6 is 11.8 Å².